The van der Waals surface area contributed by atoms with Crippen molar-refractivity contribution in [2.75, 3.05) is 17.2 Å². The van der Waals surface area contributed by atoms with Crippen molar-refractivity contribution in [3.63, 3.8) is 0 Å². The Morgan fingerprint density at radius 2 is 1.68 bits per heavy atom. The van der Waals surface area contributed by atoms with Crippen molar-refractivity contribution in [3.05, 3.63) is 117 Å². The van der Waals surface area contributed by atoms with Gasteiger partial charge in [0.1, 0.15) is 5.82 Å². The Balaban J connectivity index is 1.45. The van der Waals surface area contributed by atoms with Gasteiger partial charge < -0.3 is 15.5 Å². The summed E-state index contributed by atoms with van der Waals surface area (Å²) in [5.41, 5.74) is 1.59. The molecule has 5 rings (SSSR count). The number of anilines is 2. The average molecular weight is 506 g/mol. The molecule has 0 radical (unpaired) electrons. The minimum atomic E-state index is -1.08. The molecule has 1 aliphatic heterocycles. The average Bonchev–Trinajstić information content (AvgIpc) is 2.90. The van der Waals surface area contributed by atoms with Crippen molar-refractivity contribution in [2.45, 2.75) is 19.5 Å². The molecular formula is C27H22F3N5O2. The van der Waals surface area contributed by atoms with E-state index in [1.807, 2.05) is 6.07 Å². The van der Waals surface area contributed by atoms with Crippen LogP contribution in [0.4, 0.5) is 29.6 Å². The fourth-order valence-electron chi connectivity index (χ4n) is 4.18. The van der Waals surface area contributed by atoms with Crippen LogP contribution in [0, 0.1) is 17.5 Å². The second-order valence-corrected chi connectivity index (χ2v) is 8.51. The van der Waals surface area contributed by atoms with E-state index in [0.717, 1.165) is 12.1 Å². The number of urea groups is 1. The van der Waals surface area contributed by atoms with Crippen LogP contribution in [0.25, 0.3) is 5.69 Å². The molecule has 0 fully saturated rings. The molecule has 0 aliphatic carbocycles. The molecular weight excluding hydrogens is 483 g/mol. The van der Waals surface area contributed by atoms with Gasteiger partial charge in [-0.1, -0.05) is 36.4 Å². The number of hydrogen-bond acceptors (Lipinski definition) is 4. The van der Waals surface area contributed by atoms with Crippen molar-refractivity contribution in [3.8, 4) is 5.69 Å². The van der Waals surface area contributed by atoms with Gasteiger partial charge in [0.2, 0.25) is 5.95 Å². The summed E-state index contributed by atoms with van der Waals surface area (Å²) in [7, 11) is 0. The molecule has 0 atom stereocenters. The zero-order chi connectivity index (χ0) is 25.9. The Morgan fingerprint density at radius 1 is 0.919 bits per heavy atom. The molecule has 4 aromatic rings. The summed E-state index contributed by atoms with van der Waals surface area (Å²) >= 11 is 0. The number of carbonyl (C=O) groups is 1. The number of nitrogens with one attached hydrogen (secondary N) is 2. The number of aromatic nitrogens is 2. The first-order valence-electron chi connectivity index (χ1n) is 11.6. The number of nitrogens with zero attached hydrogens (tertiary/aromatic N) is 3. The van der Waals surface area contributed by atoms with Gasteiger partial charge in [0.25, 0.3) is 5.56 Å². The van der Waals surface area contributed by atoms with Crippen LogP contribution in [0.2, 0.25) is 0 Å². The Bertz CT molecular complexity index is 1520. The Hall–Kier alpha value is -4.60. The number of rotatable bonds is 5. The lowest BCUT2D eigenvalue weighted by Crippen LogP contribution is -2.43. The van der Waals surface area contributed by atoms with Gasteiger partial charge in [0.05, 0.1) is 23.5 Å². The molecule has 2 N–H and O–H groups in total. The topological polar surface area (TPSA) is 79.3 Å². The van der Waals surface area contributed by atoms with Gasteiger partial charge in [-0.05, 0) is 30.3 Å². The second kappa shape index (κ2) is 10.2. The number of benzene rings is 3. The molecule has 37 heavy (non-hydrogen) atoms. The molecule has 2 amide bonds. The molecule has 1 aliphatic rings. The van der Waals surface area contributed by atoms with E-state index in [0.29, 0.717) is 28.9 Å². The van der Waals surface area contributed by atoms with E-state index in [1.54, 1.807) is 42.5 Å². The van der Waals surface area contributed by atoms with Gasteiger partial charge in [-0.15, -0.1) is 0 Å². The summed E-state index contributed by atoms with van der Waals surface area (Å²) in [6.45, 7) is 0.363. The van der Waals surface area contributed by atoms with Gasteiger partial charge >= 0.3 is 6.03 Å². The van der Waals surface area contributed by atoms with Gasteiger partial charge in [-0.25, -0.2) is 27.5 Å². The molecule has 0 bridgehead atoms. The summed E-state index contributed by atoms with van der Waals surface area (Å²) in [4.78, 5) is 32.6. The molecule has 188 valence electrons. The normalized spacial score (nSPS) is 12.7. The number of amides is 2. The molecule has 10 heteroatoms. The highest BCUT2D eigenvalue weighted by Crippen LogP contribution is 2.21. The summed E-state index contributed by atoms with van der Waals surface area (Å²) in [5.74, 6) is -2.20. The standard InChI is InChI=1S/C27H22F3N5O2/c28-21-9-5-4-6-17(21)15-31-26-33-24-12-13-34(27(37)32-18-10-11-22(29)23(30)14-18)16-20(24)25(36)35(26)19-7-2-1-3-8-19/h1-11,14H,12-13,15-16H2,(H,31,33)(H,32,37). The molecule has 0 spiro atoms. The van der Waals surface area contributed by atoms with E-state index in [4.69, 9.17) is 0 Å². The van der Waals surface area contributed by atoms with Gasteiger partial charge in [0.15, 0.2) is 11.6 Å². The van der Waals surface area contributed by atoms with Crippen molar-refractivity contribution in [1.82, 2.24) is 14.5 Å². The van der Waals surface area contributed by atoms with Crippen molar-refractivity contribution >= 4 is 17.7 Å². The van der Waals surface area contributed by atoms with Crippen LogP contribution in [-0.2, 0) is 19.5 Å². The zero-order valence-corrected chi connectivity index (χ0v) is 19.5. The Morgan fingerprint density at radius 3 is 2.43 bits per heavy atom. The third kappa shape index (κ3) is 5.04. The fraction of sp³-hybridized carbons (Fsp3) is 0.148. The van der Waals surface area contributed by atoms with Crippen LogP contribution < -0.4 is 16.2 Å². The molecule has 0 unspecified atom stereocenters. The molecule has 0 saturated heterocycles. The minimum absolute atomic E-state index is 0.0168. The van der Waals surface area contributed by atoms with E-state index < -0.39 is 17.7 Å². The molecule has 0 saturated carbocycles. The predicted molar refractivity (Wildman–Crippen MR) is 133 cm³/mol. The molecule has 7 nitrogen and oxygen atoms in total. The SMILES string of the molecule is O=C(Nc1ccc(F)c(F)c1)N1CCc2nc(NCc3ccccc3F)n(-c3ccccc3)c(=O)c2C1. The first kappa shape index (κ1) is 24.1. The number of halogens is 3. The third-order valence-electron chi connectivity index (χ3n) is 6.10. The highest BCUT2D eigenvalue weighted by molar-refractivity contribution is 5.89. The maximum atomic E-state index is 14.2. The van der Waals surface area contributed by atoms with Crippen LogP contribution in [-0.4, -0.2) is 27.0 Å². The van der Waals surface area contributed by atoms with Crippen LogP contribution in [0.1, 0.15) is 16.8 Å². The number of hydrogen-bond donors (Lipinski definition) is 2. The van der Waals surface area contributed by atoms with Gasteiger partial charge in [-0.3, -0.25) is 4.79 Å². The predicted octanol–water partition coefficient (Wildman–Crippen LogP) is 4.85. The van der Waals surface area contributed by atoms with Crippen LogP contribution >= 0.6 is 0 Å². The van der Waals surface area contributed by atoms with E-state index >= 15 is 0 Å². The van der Waals surface area contributed by atoms with Crippen molar-refractivity contribution in [2.24, 2.45) is 0 Å². The first-order valence-corrected chi connectivity index (χ1v) is 11.6. The Kier molecular flexibility index (Phi) is 6.63. The maximum absolute atomic E-state index is 14.2. The lowest BCUT2D eigenvalue weighted by Gasteiger charge is -2.29. The van der Waals surface area contributed by atoms with E-state index in [9.17, 15) is 22.8 Å². The highest BCUT2D eigenvalue weighted by atomic mass is 19.2. The van der Waals surface area contributed by atoms with Gasteiger partial charge in [-0.2, -0.15) is 0 Å². The summed E-state index contributed by atoms with van der Waals surface area (Å²) in [6.07, 6.45) is 0.305. The number of para-hydroxylation sites is 1. The monoisotopic (exact) mass is 505 g/mol. The quantitative estimate of drug-likeness (QED) is 0.407. The van der Waals surface area contributed by atoms with E-state index in [2.05, 4.69) is 15.6 Å². The minimum Gasteiger partial charge on any atom is -0.351 e. The Labute approximate surface area is 210 Å². The molecule has 3 aromatic carbocycles. The van der Waals surface area contributed by atoms with Crippen molar-refractivity contribution in [1.29, 1.82) is 0 Å². The van der Waals surface area contributed by atoms with Crippen LogP contribution in [0.15, 0.2) is 77.6 Å². The molecule has 2 heterocycles. The molecule has 1 aromatic heterocycles. The second-order valence-electron chi connectivity index (χ2n) is 8.51. The summed E-state index contributed by atoms with van der Waals surface area (Å²) < 4.78 is 42.3. The smallest absolute Gasteiger partial charge is 0.322 e. The number of fused-ring (bicyclic) bond motifs is 1. The largest absolute Gasteiger partial charge is 0.351 e. The lowest BCUT2D eigenvalue weighted by molar-refractivity contribution is 0.205. The van der Waals surface area contributed by atoms with Gasteiger partial charge in [0, 0.05) is 36.8 Å². The highest BCUT2D eigenvalue weighted by Gasteiger charge is 2.27. The summed E-state index contributed by atoms with van der Waals surface area (Å²) in [6, 6.07) is 17.7. The lowest BCUT2D eigenvalue weighted by atomic mass is 10.1. The van der Waals surface area contributed by atoms with Crippen LogP contribution in [0.3, 0.4) is 0 Å². The number of carbonyl (C=O) groups excluding carboxylic acids is 1. The first-order chi connectivity index (χ1) is 17.9. The summed E-state index contributed by atoms with van der Waals surface area (Å²) in [5, 5.41) is 5.62. The van der Waals surface area contributed by atoms with Crippen LogP contribution in [0.5, 0.6) is 0 Å². The third-order valence-corrected chi connectivity index (χ3v) is 6.10. The van der Waals surface area contributed by atoms with E-state index in [-0.39, 0.29) is 42.6 Å². The fourth-order valence-corrected chi connectivity index (χ4v) is 4.18. The van der Waals surface area contributed by atoms with Crippen molar-refractivity contribution < 1.29 is 18.0 Å². The zero-order valence-electron chi connectivity index (χ0n) is 19.5. The van der Waals surface area contributed by atoms with E-state index in [1.165, 1.54) is 21.6 Å². The maximum Gasteiger partial charge on any atom is 0.322 e.